The fraction of sp³-hybridized carbons (Fsp3) is 0.353. The average Bonchev–Trinajstić information content (AvgIpc) is 2.56. The number of amides is 1. The number of H-pyrrole nitrogens is 1. The maximum Gasteiger partial charge on any atom is 0.254 e. The number of fused-ring (bicyclic) bond motifs is 1. The van der Waals surface area contributed by atoms with Crippen LogP contribution in [0.1, 0.15) is 29.7 Å². The van der Waals surface area contributed by atoms with Crippen molar-refractivity contribution in [2.24, 2.45) is 0 Å². The summed E-state index contributed by atoms with van der Waals surface area (Å²) in [5, 5.41) is 3.77. The third kappa shape index (κ3) is 3.99. The highest BCUT2D eigenvalue weighted by atomic mass is 35.5. The Balaban J connectivity index is 1.64. The highest BCUT2D eigenvalue weighted by molar-refractivity contribution is 7.99. The number of nitrogens with zero attached hydrogens (tertiary/aromatic N) is 1. The molecule has 1 aliphatic carbocycles. The first-order chi connectivity index (χ1) is 11.5. The fourth-order valence-corrected chi connectivity index (χ4v) is 3.65. The van der Waals surface area contributed by atoms with Gasteiger partial charge >= 0.3 is 0 Å². The summed E-state index contributed by atoms with van der Waals surface area (Å²) in [7, 11) is 0. The van der Waals surface area contributed by atoms with Crippen LogP contribution in [0.3, 0.4) is 0 Å². The summed E-state index contributed by atoms with van der Waals surface area (Å²) in [4.78, 5) is 31.4. The predicted molar refractivity (Wildman–Crippen MR) is 97.0 cm³/mol. The van der Waals surface area contributed by atoms with E-state index >= 15 is 0 Å². The van der Waals surface area contributed by atoms with Crippen LogP contribution in [0.5, 0.6) is 0 Å². The van der Waals surface area contributed by atoms with Gasteiger partial charge in [-0.2, -0.15) is 0 Å². The normalized spacial score (nSPS) is 13.4. The first-order valence-electron chi connectivity index (χ1n) is 7.84. The molecule has 3 rings (SSSR count). The smallest absolute Gasteiger partial charge is 0.254 e. The molecule has 0 atom stereocenters. The monoisotopic (exact) mass is 363 g/mol. The Morgan fingerprint density at radius 2 is 2.17 bits per heavy atom. The number of carbonyl (C=O) groups is 1. The van der Waals surface area contributed by atoms with E-state index in [2.05, 4.69) is 15.3 Å². The van der Waals surface area contributed by atoms with Crippen LogP contribution in [0.15, 0.2) is 28.2 Å². The molecule has 2 N–H and O–H groups in total. The molecule has 0 aliphatic heterocycles. The summed E-state index contributed by atoms with van der Waals surface area (Å²) in [6.45, 7) is 1.94. The van der Waals surface area contributed by atoms with Crippen molar-refractivity contribution in [3.8, 4) is 0 Å². The quantitative estimate of drug-likeness (QED) is 0.645. The molecule has 1 heterocycles. The number of aromatic nitrogens is 2. The van der Waals surface area contributed by atoms with Crippen molar-refractivity contribution in [2.75, 3.05) is 11.1 Å². The molecule has 0 saturated heterocycles. The van der Waals surface area contributed by atoms with Crippen LogP contribution in [0.4, 0.5) is 5.69 Å². The second kappa shape index (κ2) is 7.40. The molecule has 1 aliphatic rings. The maximum absolute atomic E-state index is 12.1. The van der Waals surface area contributed by atoms with E-state index in [1.54, 1.807) is 12.1 Å². The van der Waals surface area contributed by atoms with Crippen molar-refractivity contribution in [1.82, 2.24) is 9.97 Å². The van der Waals surface area contributed by atoms with Crippen molar-refractivity contribution in [2.45, 2.75) is 37.8 Å². The molecule has 1 aromatic carbocycles. The molecule has 0 saturated carbocycles. The van der Waals surface area contributed by atoms with Crippen LogP contribution in [-0.4, -0.2) is 21.6 Å². The number of rotatable bonds is 4. The number of aryl methyl sites for hydroxylation is 2. The standard InChI is InChI=1S/C17H18ClN3O2S/c1-10-6-7-14(12(18)8-10)19-15(22)9-24-17-20-13-5-3-2-4-11(13)16(23)21-17/h6-8H,2-5,9H2,1H3,(H,19,22)(H,20,21,23). The minimum atomic E-state index is -0.189. The number of hydrogen-bond donors (Lipinski definition) is 2. The highest BCUT2D eigenvalue weighted by Crippen LogP contribution is 2.23. The van der Waals surface area contributed by atoms with E-state index in [1.165, 1.54) is 11.8 Å². The third-order valence-corrected chi connectivity index (χ3v) is 5.09. The molecule has 5 nitrogen and oxygen atoms in total. The summed E-state index contributed by atoms with van der Waals surface area (Å²) in [6.07, 6.45) is 3.71. The molecule has 1 amide bonds. The van der Waals surface area contributed by atoms with E-state index in [1.807, 2.05) is 13.0 Å². The number of nitrogens with one attached hydrogen (secondary N) is 2. The Morgan fingerprint density at radius 1 is 1.38 bits per heavy atom. The minimum Gasteiger partial charge on any atom is -0.324 e. The first kappa shape index (κ1) is 17.0. The number of carbonyl (C=O) groups excluding carboxylic acids is 1. The minimum absolute atomic E-state index is 0.0795. The Kier molecular flexibility index (Phi) is 5.26. The largest absolute Gasteiger partial charge is 0.324 e. The van der Waals surface area contributed by atoms with Crippen molar-refractivity contribution in [3.63, 3.8) is 0 Å². The van der Waals surface area contributed by atoms with E-state index in [4.69, 9.17) is 11.6 Å². The molecule has 0 bridgehead atoms. The van der Waals surface area contributed by atoms with Crippen LogP contribution in [-0.2, 0) is 17.6 Å². The van der Waals surface area contributed by atoms with Gasteiger partial charge in [-0.3, -0.25) is 9.59 Å². The van der Waals surface area contributed by atoms with Gasteiger partial charge in [0, 0.05) is 5.56 Å². The summed E-state index contributed by atoms with van der Waals surface area (Å²) >= 11 is 7.33. The molecule has 7 heteroatoms. The van der Waals surface area contributed by atoms with E-state index in [0.29, 0.717) is 15.9 Å². The lowest BCUT2D eigenvalue weighted by atomic mass is 9.97. The van der Waals surface area contributed by atoms with E-state index < -0.39 is 0 Å². The highest BCUT2D eigenvalue weighted by Gasteiger charge is 2.16. The van der Waals surface area contributed by atoms with E-state index in [9.17, 15) is 9.59 Å². The number of thioether (sulfide) groups is 1. The Bertz CT molecular complexity index is 835. The molecule has 2 aromatic rings. The van der Waals surface area contributed by atoms with Gasteiger partial charge < -0.3 is 10.3 Å². The SMILES string of the molecule is Cc1ccc(NC(=O)CSc2nc3c(c(=O)[nH]2)CCCC3)c(Cl)c1. The number of anilines is 1. The molecule has 0 fully saturated rings. The lowest BCUT2D eigenvalue weighted by Gasteiger charge is -2.14. The van der Waals surface area contributed by atoms with Gasteiger partial charge in [-0.1, -0.05) is 29.4 Å². The van der Waals surface area contributed by atoms with Crippen LogP contribution in [0.2, 0.25) is 5.02 Å². The number of aromatic amines is 1. The first-order valence-corrected chi connectivity index (χ1v) is 9.20. The predicted octanol–water partition coefficient (Wildman–Crippen LogP) is 3.34. The van der Waals surface area contributed by atoms with Crippen molar-refractivity contribution in [1.29, 1.82) is 0 Å². The van der Waals surface area contributed by atoms with Crippen LogP contribution in [0.25, 0.3) is 0 Å². The zero-order valence-electron chi connectivity index (χ0n) is 13.3. The van der Waals surface area contributed by atoms with Gasteiger partial charge in [0.2, 0.25) is 5.91 Å². The summed E-state index contributed by atoms with van der Waals surface area (Å²) in [6, 6.07) is 5.46. The Labute approximate surface area is 149 Å². The number of hydrogen-bond acceptors (Lipinski definition) is 4. The third-order valence-electron chi connectivity index (χ3n) is 3.91. The van der Waals surface area contributed by atoms with Gasteiger partial charge in [-0.05, 0) is 50.3 Å². The molecular weight excluding hydrogens is 346 g/mol. The van der Waals surface area contributed by atoms with Gasteiger partial charge in [-0.25, -0.2) is 4.98 Å². The van der Waals surface area contributed by atoms with Gasteiger partial charge in [0.15, 0.2) is 5.16 Å². The van der Waals surface area contributed by atoms with Crippen LogP contribution < -0.4 is 10.9 Å². The van der Waals surface area contributed by atoms with Gasteiger partial charge in [0.05, 0.1) is 22.2 Å². The molecular formula is C17H18ClN3O2S. The van der Waals surface area contributed by atoms with Gasteiger partial charge in [0.1, 0.15) is 0 Å². The van der Waals surface area contributed by atoms with Crippen LogP contribution in [0, 0.1) is 6.92 Å². The number of benzene rings is 1. The lowest BCUT2D eigenvalue weighted by molar-refractivity contribution is -0.113. The Hall–Kier alpha value is -1.79. The molecule has 0 spiro atoms. The molecule has 126 valence electrons. The van der Waals surface area contributed by atoms with Crippen molar-refractivity contribution in [3.05, 3.63) is 50.4 Å². The molecule has 1 aromatic heterocycles. The zero-order valence-corrected chi connectivity index (χ0v) is 14.9. The van der Waals surface area contributed by atoms with Crippen molar-refractivity contribution < 1.29 is 4.79 Å². The molecule has 0 unspecified atom stereocenters. The second-order valence-electron chi connectivity index (χ2n) is 5.82. The van der Waals surface area contributed by atoms with Gasteiger partial charge in [0.25, 0.3) is 5.56 Å². The molecule has 0 radical (unpaired) electrons. The van der Waals surface area contributed by atoms with Crippen molar-refractivity contribution >= 4 is 35.0 Å². The van der Waals surface area contributed by atoms with E-state index in [0.717, 1.165) is 42.5 Å². The zero-order chi connectivity index (χ0) is 17.1. The second-order valence-corrected chi connectivity index (χ2v) is 7.19. The lowest BCUT2D eigenvalue weighted by Crippen LogP contribution is -2.22. The number of halogens is 1. The van der Waals surface area contributed by atoms with E-state index in [-0.39, 0.29) is 17.2 Å². The fourth-order valence-electron chi connectivity index (χ4n) is 2.69. The average molecular weight is 364 g/mol. The topological polar surface area (TPSA) is 74.8 Å². The summed E-state index contributed by atoms with van der Waals surface area (Å²) in [5.74, 6) is -0.0301. The summed E-state index contributed by atoms with van der Waals surface area (Å²) in [5.41, 5.74) is 3.20. The maximum atomic E-state index is 12.1. The van der Waals surface area contributed by atoms with Gasteiger partial charge in [-0.15, -0.1) is 0 Å². The van der Waals surface area contributed by atoms with Crippen LogP contribution >= 0.6 is 23.4 Å². The summed E-state index contributed by atoms with van der Waals surface area (Å²) < 4.78 is 0. The Morgan fingerprint density at radius 3 is 2.96 bits per heavy atom. The molecule has 24 heavy (non-hydrogen) atoms.